The second-order valence-corrected chi connectivity index (χ2v) is 8.34. The lowest BCUT2D eigenvalue weighted by Crippen LogP contribution is -2.46. The molecule has 0 unspecified atom stereocenters. The van der Waals surface area contributed by atoms with Gasteiger partial charge in [0.2, 0.25) is 0 Å². The quantitative estimate of drug-likeness (QED) is 0.700. The van der Waals surface area contributed by atoms with E-state index in [1.807, 2.05) is 18.7 Å². The average Bonchev–Trinajstić information content (AvgIpc) is 2.96. The SMILES string of the molecule is Cc1sc2nc(CN3CCN(c4cc(C(F)(F)F)ccn4)CC3)[nH]c(=O)c2c1C. The third-order valence-corrected chi connectivity index (χ3v) is 6.33. The zero-order chi connectivity index (χ0) is 20.8. The van der Waals surface area contributed by atoms with E-state index >= 15 is 0 Å². The molecule has 1 saturated heterocycles. The van der Waals surface area contributed by atoms with Crippen LogP contribution in [-0.2, 0) is 12.7 Å². The molecule has 3 aromatic rings. The van der Waals surface area contributed by atoms with Crippen molar-refractivity contribution >= 4 is 27.4 Å². The van der Waals surface area contributed by atoms with Crippen molar-refractivity contribution in [2.75, 3.05) is 31.1 Å². The molecule has 4 rings (SSSR count). The lowest BCUT2D eigenvalue weighted by Gasteiger charge is -2.35. The zero-order valence-electron chi connectivity index (χ0n) is 16.0. The molecule has 154 valence electrons. The Morgan fingerprint density at radius 1 is 1.21 bits per heavy atom. The lowest BCUT2D eigenvalue weighted by molar-refractivity contribution is -0.137. The standard InChI is InChI=1S/C19H20F3N5OS/c1-11-12(2)29-18-16(11)17(28)24-14(25-18)10-26-5-7-27(8-6-26)15-9-13(3-4-23-15)19(20,21)22/h3-4,9H,5-8,10H2,1-2H3,(H,24,25,28). The third kappa shape index (κ3) is 3.99. The Kier molecular flexibility index (Phi) is 5.07. The molecule has 0 atom stereocenters. The number of hydrogen-bond donors (Lipinski definition) is 1. The van der Waals surface area contributed by atoms with Crippen molar-refractivity contribution in [3.63, 3.8) is 0 Å². The Morgan fingerprint density at radius 2 is 1.93 bits per heavy atom. The van der Waals surface area contributed by atoms with Crippen LogP contribution in [-0.4, -0.2) is 46.0 Å². The molecule has 1 fully saturated rings. The van der Waals surface area contributed by atoms with Gasteiger partial charge in [0.05, 0.1) is 17.5 Å². The Labute approximate surface area is 169 Å². The van der Waals surface area contributed by atoms with E-state index in [0.29, 0.717) is 49.8 Å². The lowest BCUT2D eigenvalue weighted by atomic mass is 10.2. The fraction of sp³-hybridized carbons (Fsp3) is 0.421. The highest BCUT2D eigenvalue weighted by molar-refractivity contribution is 7.18. The number of piperazine rings is 1. The van der Waals surface area contributed by atoms with Gasteiger partial charge in [0.25, 0.3) is 5.56 Å². The summed E-state index contributed by atoms with van der Waals surface area (Å²) in [5.41, 5.74) is 0.146. The maximum Gasteiger partial charge on any atom is 0.416 e. The van der Waals surface area contributed by atoms with Crippen molar-refractivity contribution in [1.82, 2.24) is 19.9 Å². The van der Waals surface area contributed by atoms with Crippen LogP contribution in [0.1, 0.15) is 21.8 Å². The molecule has 0 bridgehead atoms. The topological polar surface area (TPSA) is 65.1 Å². The number of anilines is 1. The van der Waals surface area contributed by atoms with Crippen molar-refractivity contribution in [3.05, 3.63) is 50.5 Å². The van der Waals surface area contributed by atoms with Gasteiger partial charge in [-0.3, -0.25) is 9.69 Å². The number of nitrogens with one attached hydrogen (secondary N) is 1. The van der Waals surface area contributed by atoms with E-state index in [1.54, 1.807) is 0 Å². The van der Waals surface area contributed by atoms with E-state index in [4.69, 9.17) is 0 Å². The third-order valence-electron chi connectivity index (χ3n) is 5.23. The summed E-state index contributed by atoms with van der Waals surface area (Å²) in [7, 11) is 0. The molecule has 0 amide bonds. The highest BCUT2D eigenvalue weighted by Gasteiger charge is 2.31. The minimum absolute atomic E-state index is 0.126. The molecule has 0 saturated carbocycles. The van der Waals surface area contributed by atoms with Crippen molar-refractivity contribution in [2.24, 2.45) is 0 Å². The van der Waals surface area contributed by atoms with Crippen LogP contribution in [0.5, 0.6) is 0 Å². The molecule has 1 aliphatic heterocycles. The zero-order valence-corrected chi connectivity index (χ0v) is 16.8. The summed E-state index contributed by atoms with van der Waals surface area (Å²) in [5, 5.41) is 0.650. The number of halogens is 3. The molecule has 0 spiro atoms. The number of fused-ring (bicyclic) bond motifs is 1. The van der Waals surface area contributed by atoms with E-state index in [1.165, 1.54) is 17.5 Å². The summed E-state index contributed by atoms with van der Waals surface area (Å²) in [6, 6.07) is 2.07. The first-order chi connectivity index (χ1) is 13.7. The van der Waals surface area contributed by atoms with E-state index in [2.05, 4.69) is 19.9 Å². The highest BCUT2D eigenvalue weighted by atomic mass is 32.1. The molecule has 0 aromatic carbocycles. The number of thiophene rings is 1. The minimum atomic E-state index is -4.38. The summed E-state index contributed by atoms with van der Waals surface area (Å²) in [6.45, 7) is 6.78. The summed E-state index contributed by atoms with van der Waals surface area (Å²) in [6.07, 6.45) is -3.19. The normalized spacial score (nSPS) is 16.0. The fourth-order valence-corrected chi connectivity index (χ4v) is 4.54. The van der Waals surface area contributed by atoms with E-state index in [9.17, 15) is 18.0 Å². The number of rotatable bonds is 3. The van der Waals surface area contributed by atoms with Crippen molar-refractivity contribution in [1.29, 1.82) is 0 Å². The van der Waals surface area contributed by atoms with Crippen LogP contribution >= 0.6 is 11.3 Å². The Morgan fingerprint density at radius 3 is 2.62 bits per heavy atom. The van der Waals surface area contributed by atoms with Crippen LogP contribution in [0, 0.1) is 13.8 Å². The number of aromatic nitrogens is 3. The van der Waals surface area contributed by atoms with Gasteiger partial charge in [0.15, 0.2) is 0 Å². The summed E-state index contributed by atoms with van der Waals surface area (Å²) in [5.74, 6) is 0.936. The predicted octanol–water partition coefficient (Wildman–Crippen LogP) is 3.34. The van der Waals surface area contributed by atoms with Crippen LogP contribution < -0.4 is 10.5 Å². The van der Waals surface area contributed by atoms with Gasteiger partial charge >= 0.3 is 6.18 Å². The molecule has 0 aliphatic carbocycles. The summed E-state index contributed by atoms with van der Waals surface area (Å²) in [4.78, 5) is 29.8. The molecule has 10 heteroatoms. The number of alkyl halides is 3. The van der Waals surface area contributed by atoms with Gasteiger partial charge in [0, 0.05) is 37.3 Å². The molecule has 1 aliphatic rings. The van der Waals surface area contributed by atoms with Gasteiger partial charge in [-0.1, -0.05) is 0 Å². The minimum Gasteiger partial charge on any atom is -0.354 e. The molecular formula is C19H20F3N5OS. The van der Waals surface area contributed by atoms with Crippen LogP contribution in [0.3, 0.4) is 0 Å². The molecule has 29 heavy (non-hydrogen) atoms. The maximum absolute atomic E-state index is 12.9. The fourth-order valence-electron chi connectivity index (χ4n) is 3.49. The molecular weight excluding hydrogens is 403 g/mol. The Bertz CT molecular complexity index is 1100. The van der Waals surface area contributed by atoms with Crippen molar-refractivity contribution in [3.8, 4) is 0 Å². The van der Waals surface area contributed by atoms with Gasteiger partial charge in [-0.05, 0) is 31.5 Å². The van der Waals surface area contributed by atoms with E-state index in [0.717, 1.165) is 27.4 Å². The smallest absolute Gasteiger partial charge is 0.354 e. The summed E-state index contributed by atoms with van der Waals surface area (Å²) < 4.78 is 38.8. The van der Waals surface area contributed by atoms with Gasteiger partial charge in [-0.25, -0.2) is 9.97 Å². The average molecular weight is 423 g/mol. The number of pyridine rings is 1. The number of aryl methyl sites for hydroxylation is 2. The van der Waals surface area contributed by atoms with Gasteiger partial charge < -0.3 is 9.88 Å². The highest BCUT2D eigenvalue weighted by Crippen LogP contribution is 2.31. The molecule has 3 aromatic heterocycles. The number of H-pyrrole nitrogens is 1. The number of hydrogen-bond acceptors (Lipinski definition) is 6. The Balaban J connectivity index is 1.44. The number of nitrogens with zero attached hydrogens (tertiary/aromatic N) is 4. The first kappa shape index (κ1) is 19.8. The second kappa shape index (κ2) is 7.42. The molecule has 0 radical (unpaired) electrons. The van der Waals surface area contributed by atoms with Crippen LogP contribution in [0.4, 0.5) is 19.0 Å². The van der Waals surface area contributed by atoms with E-state index < -0.39 is 11.7 Å². The van der Waals surface area contributed by atoms with Crippen LogP contribution in [0.15, 0.2) is 23.1 Å². The van der Waals surface area contributed by atoms with Crippen LogP contribution in [0.25, 0.3) is 10.2 Å². The molecule has 1 N–H and O–H groups in total. The molecule has 4 heterocycles. The van der Waals surface area contributed by atoms with E-state index in [-0.39, 0.29) is 5.56 Å². The van der Waals surface area contributed by atoms with Gasteiger partial charge in [-0.2, -0.15) is 13.2 Å². The van der Waals surface area contributed by atoms with Gasteiger partial charge in [0.1, 0.15) is 16.5 Å². The van der Waals surface area contributed by atoms with Crippen molar-refractivity contribution in [2.45, 2.75) is 26.6 Å². The summed E-state index contributed by atoms with van der Waals surface area (Å²) >= 11 is 1.51. The van der Waals surface area contributed by atoms with Crippen molar-refractivity contribution < 1.29 is 13.2 Å². The Hall–Kier alpha value is -2.46. The monoisotopic (exact) mass is 423 g/mol. The number of aromatic amines is 1. The van der Waals surface area contributed by atoms with Gasteiger partial charge in [-0.15, -0.1) is 11.3 Å². The maximum atomic E-state index is 12.9. The molecule has 6 nitrogen and oxygen atoms in total. The largest absolute Gasteiger partial charge is 0.416 e. The van der Waals surface area contributed by atoms with Crippen LogP contribution in [0.2, 0.25) is 0 Å². The second-order valence-electron chi connectivity index (χ2n) is 7.14. The predicted molar refractivity (Wildman–Crippen MR) is 106 cm³/mol. The first-order valence-electron chi connectivity index (χ1n) is 9.22. The first-order valence-corrected chi connectivity index (χ1v) is 10.0.